The first kappa shape index (κ1) is 19.3. The summed E-state index contributed by atoms with van der Waals surface area (Å²) in [6.07, 6.45) is 0.522. The Kier molecular flexibility index (Phi) is 5.76. The van der Waals surface area contributed by atoms with Crippen LogP contribution in [0, 0.1) is 11.6 Å². The Morgan fingerprint density at radius 1 is 1.30 bits per heavy atom. The van der Waals surface area contributed by atoms with Crippen LogP contribution >= 0.6 is 11.6 Å². The summed E-state index contributed by atoms with van der Waals surface area (Å²) >= 11 is 5.97. The lowest BCUT2D eigenvalue weighted by Gasteiger charge is -2.12. The minimum atomic E-state index is -3.95. The van der Waals surface area contributed by atoms with Crippen molar-refractivity contribution < 1.29 is 32.8 Å². The second-order valence-electron chi connectivity index (χ2n) is 5.54. The zero-order valence-electron chi connectivity index (χ0n) is 15.3. The summed E-state index contributed by atoms with van der Waals surface area (Å²) in [6, 6.07) is 2.30. The lowest BCUT2D eigenvalue weighted by Crippen LogP contribution is -2.30. The Balaban J connectivity index is 2.27. The van der Waals surface area contributed by atoms with Crippen LogP contribution in [0.4, 0.5) is 8.78 Å². The first-order chi connectivity index (χ1) is 12.7. The van der Waals surface area contributed by atoms with Gasteiger partial charge in [-0.15, -0.1) is 0 Å². The maximum Gasteiger partial charge on any atom is 0.267 e. The fraction of sp³-hybridized carbons (Fsp3) is 0.250. The van der Waals surface area contributed by atoms with Gasteiger partial charge in [-0.05, 0) is 19.9 Å². The quantitative estimate of drug-likeness (QED) is 0.769. The number of pyridine rings is 1. The van der Waals surface area contributed by atoms with Gasteiger partial charge in [-0.2, -0.15) is 0 Å². The van der Waals surface area contributed by atoms with Crippen LogP contribution in [0.2, 0.25) is 5.02 Å². The molecule has 0 aliphatic heterocycles. The van der Waals surface area contributed by atoms with E-state index in [0.29, 0.717) is 18.4 Å². The first-order valence-corrected chi connectivity index (χ1v) is 9.56. The number of rotatable bonds is 6. The summed E-state index contributed by atoms with van der Waals surface area (Å²) < 4.78 is 70.0. The van der Waals surface area contributed by atoms with E-state index in [9.17, 15) is 22.0 Å². The molecule has 1 aromatic heterocycles. The SMILES string of the molecule is [2H]C(C)(C)Oc1ncc(Oc2cc(F)c(C(=O)NS(C)(=O)=O)cc2F)cc1Cl. The highest BCUT2D eigenvalue weighted by Crippen LogP contribution is 2.31. The first-order valence-electron chi connectivity index (χ1n) is 7.79. The van der Waals surface area contributed by atoms with E-state index >= 15 is 0 Å². The van der Waals surface area contributed by atoms with Crippen LogP contribution in [0.1, 0.15) is 25.6 Å². The number of hydrogen-bond donors (Lipinski definition) is 1. The van der Waals surface area contributed by atoms with Crippen LogP contribution < -0.4 is 14.2 Å². The van der Waals surface area contributed by atoms with Crippen LogP contribution in [-0.4, -0.2) is 31.6 Å². The van der Waals surface area contributed by atoms with Gasteiger partial charge in [0.2, 0.25) is 15.9 Å². The van der Waals surface area contributed by atoms with E-state index in [1.807, 2.05) is 0 Å². The number of benzene rings is 1. The van der Waals surface area contributed by atoms with Gasteiger partial charge < -0.3 is 9.47 Å². The highest BCUT2D eigenvalue weighted by atomic mass is 35.5. The molecule has 2 aromatic rings. The number of amides is 1. The molecule has 27 heavy (non-hydrogen) atoms. The largest absolute Gasteiger partial charge is 0.474 e. The number of carbonyl (C=O) groups is 1. The Labute approximate surface area is 160 Å². The fourth-order valence-electron chi connectivity index (χ4n) is 1.86. The van der Waals surface area contributed by atoms with Crippen molar-refractivity contribution in [3.63, 3.8) is 0 Å². The number of halogens is 3. The lowest BCUT2D eigenvalue weighted by atomic mass is 10.2. The highest BCUT2D eigenvalue weighted by Gasteiger charge is 2.20. The topological polar surface area (TPSA) is 94.6 Å². The van der Waals surface area contributed by atoms with Gasteiger partial charge in [0.25, 0.3) is 5.91 Å². The highest BCUT2D eigenvalue weighted by molar-refractivity contribution is 7.89. The number of nitrogens with zero attached hydrogens (tertiary/aromatic N) is 1. The Hall–Kier alpha value is -2.46. The molecule has 0 atom stereocenters. The van der Waals surface area contributed by atoms with Crippen molar-refractivity contribution in [1.29, 1.82) is 0 Å². The molecule has 0 bridgehead atoms. The summed E-state index contributed by atoms with van der Waals surface area (Å²) in [4.78, 5) is 15.6. The number of hydrogen-bond acceptors (Lipinski definition) is 6. The second kappa shape index (κ2) is 8.05. The number of carbonyl (C=O) groups excluding carboxylic acids is 1. The standard InChI is InChI=1S/C16H15ClF2N2O5S/c1-8(2)25-16-11(17)4-9(7-20-16)26-14-6-12(18)10(5-13(14)19)15(22)21-27(3,23)24/h4-8H,1-3H3,(H,21,22)/i8D. The van der Waals surface area contributed by atoms with Gasteiger partial charge in [-0.1, -0.05) is 11.6 Å². The number of ether oxygens (including phenoxy) is 2. The van der Waals surface area contributed by atoms with Crippen molar-refractivity contribution in [3.05, 3.63) is 46.6 Å². The summed E-state index contributed by atoms with van der Waals surface area (Å²) in [6.45, 7) is 2.93. The molecule has 1 N–H and O–H groups in total. The van der Waals surface area contributed by atoms with Crippen LogP contribution in [0.3, 0.4) is 0 Å². The van der Waals surface area contributed by atoms with E-state index in [4.69, 9.17) is 22.4 Å². The molecule has 0 spiro atoms. The van der Waals surface area contributed by atoms with Crippen molar-refractivity contribution >= 4 is 27.5 Å². The van der Waals surface area contributed by atoms with Gasteiger partial charge in [0.05, 0.1) is 25.5 Å². The lowest BCUT2D eigenvalue weighted by molar-refractivity contribution is 0.0977. The number of aromatic nitrogens is 1. The van der Waals surface area contributed by atoms with Gasteiger partial charge in [-0.25, -0.2) is 26.9 Å². The van der Waals surface area contributed by atoms with Gasteiger partial charge in [0.1, 0.15) is 16.6 Å². The average Bonchev–Trinajstić information content (AvgIpc) is 2.50. The number of sulfonamides is 1. The van der Waals surface area contributed by atoms with Crippen molar-refractivity contribution in [3.8, 4) is 17.4 Å². The van der Waals surface area contributed by atoms with E-state index in [2.05, 4.69) is 4.98 Å². The van der Waals surface area contributed by atoms with E-state index in [1.54, 1.807) is 0 Å². The van der Waals surface area contributed by atoms with E-state index in [1.165, 1.54) is 24.6 Å². The summed E-state index contributed by atoms with van der Waals surface area (Å²) in [5.41, 5.74) is -0.812. The van der Waals surface area contributed by atoms with Crippen molar-refractivity contribution in [2.45, 2.75) is 19.9 Å². The third-order valence-electron chi connectivity index (χ3n) is 2.86. The van der Waals surface area contributed by atoms with Gasteiger partial charge in [0, 0.05) is 12.1 Å². The smallest absolute Gasteiger partial charge is 0.267 e. The summed E-state index contributed by atoms with van der Waals surface area (Å²) in [7, 11) is -3.95. The Morgan fingerprint density at radius 3 is 2.52 bits per heavy atom. The molecule has 1 amide bonds. The third-order valence-corrected chi connectivity index (χ3v) is 3.68. The van der Waals surface area contributed by atoms with Crippen LogP contribution in [0.15, 0.2) is 24.4 Å². The predicted molar refractivity (Wildman–Crippen MR) is 93.8 cm³/mol. The molecule has 1 heterocycles. The monoisotopic (exact) mass is 421 g/mol. The van der Waals surface area contributed by atoms with Gasteiger partial charge in [-0.3, -0.25) is 4.79 Å². The van der Waals surface area contributed by atoms with Gasteiger partial charge >= 0.3 is 0 Å². The minimum absolute atomic E-state index is 0.0251. The summed E-state index contributed by atoms with van der Waals surface area (Å²) in [5, 5.41) is -0.0251. The summed E-state index contributed by atoms with van der Waals surface area (Å²) in [5.74, 6) is -4.34. The molecule has 11 heteroatoms. The van der Waals surface area contributed by atoms with Crippen LogP contribution in [-0.2, 0) is 10.0 Å². The van der Waals surface area contributed by atoms with Crippen LogP contribution in [0.25, 0.3) is 0 Å². The molecular weight excluding hydrogens is 406 g/mol. The molecule has 0 radical (unpaired) electrons. The number of nitrogens with one attached hydrogen (secondary N) is 1. The van der Waals surface area contributed by atoms with Crippen molar-refractivity contribution in [2.75, 3.05) is 6.26 Å². The molecular formula is C16H15ClF2N2O5S. The molecule has 0 saturated carbocycles. The maximum absolute atomic E-state index is 14.2. The van der Waals surface area contributed by atoms with Crippen molar-refractivity contribution in [2.24, 2.45) is 0 Å². The maximum atomic E-state index is 14.2. The Morgan fingerprint density at radius 2 is 1.96 bits per heavy atom. The fourth-order valence-corrected chi connectivity index (χ4v) is 2.50. The van der Waals surface area contributed by atoms with E-state index < -0.39 is 45.0 Å². The molecule has 0 fully saturated rings. The zero-order valence-corrected chi connectivity index (χ0v) is 15.9. The van der Waals surface area contributed by atoms with Crippen LogP contribution in [0.5, 0.6) is 17.4 Å². The normalized spacial score (nSPS) is 12.3. The van der Waals surface area contributed by atoms with E-state index in [0.717, 1.165) is 6.20 Å². The van der Waals surface area contributed by atoms with Crippen molar-refractivity contribution in [1.82, 2.24) is 9.71 Å². The van der Waals surface area contributed by atoms with E-state index in [-0.39, 0.29) is 16.7 Å². The molecule has 0 saturated heterocycles. The Bertz CT molecular complexity index is 1030. The molecule has 7 nitrogen and oxygen atoms in total. The molecule has 146 valence electrons. The average molecular weight is 422 g/mol. The minimum Gasteiger partial charge on any atom is -0.474 e. The third kappa shape index (κ3) is 5.76. The predicted octanol–water partition coefficient (Wildman–Crippen LogP) is 3.28. The molecule has 2 rings (SSSR count). The second-order valence-corrected chi connectivity index (χ2v) is 7.69. The zero-order chi connectivity index (χ0) is 21.3. The molecule has 1 aromatic carbocycles. The molecule has 0 aliphatic rings. The molecule has 0 aliphatic carbocycles. The van der Waals surface area contributed by atoms with Gasteiger partial charge in [0.15, 0.2) is 11.6 Å². The molecule has 0 unspecified atom stereocenters.